The lowest BCUT2D eigenvalue weighted by Crippen LogP contribution is -2.33. The largest absolute Gasteiger partial charge is 0.496 e. The van der Waals surface area contributed by atoms with E-state index in [2.05, 4.69) is 5.32 Å². The van der Waals surface area contributed by atoms with E-state index in [0.29, 0.717) is 36.8 Å². The third-order valence-corrected chi connectivity index (χ3v) is 3.52. The van der Waals surface area contributed by atoms with Gasteiger partial charge in [-0.2, -0.15) is 0 Å². The molecule has 7 nitrogen and oxygen atoms in total. The van der Waals surface area contributed by atoms with Crippen LogP contribution < -0.4 is 25.3 Å². The molecule has 1 rings (SSSR count). The Balaban J connectivity index is 0.00000529. The Morgan fingerprint density at radius 1 is 1.12 bits per heavy atom. The zero-order chi connectivity index (χ0) is 17.2. The molecule has 24 heavy (non-hydrogen) atoms. The third kappa shape index (κ3) is 6.43. The second kappa shape index (κ2) is 11.8. The Bertz CT molecular complexity index is 484. The van der Waals surface area contributed by atoms with Crippen molar-refractivity contribution in [2.24, 2.45) is 5.73 Å². The smallest absolute Gasteiger partial charge is 0.222 e. The van der Waals surface area contributed by atoms with Crippen LogP contribution in [0.25, 0.3) is 0 Å². The van der Waals surface area contributed by atoms with Gasteiger partial charge in [-0.25, -0.2) is 0 Å². The van der Waals surface area contributed by atoms with Crippen LogP contribution in [-0.4, -0.2) is 53.5 Å². The zero-order valence-corrected chi connectivity index (χ0v) is 15.4. The number of hydrogen-bond donors (Lipinski definition) is 2. The molecule has 1 aromatic carbocycles. The van der Waals surface area contributed by atoms with Gasteiger partial charge in [-0.3, -0.25) is 4.79 Å². The van der Waals surface area contributed by atoms with Crippen molar-refractivity contribution in [2.45, 2.75) is 18.9 Å². The minimum absolute atomic E-state index is 0. The van der Waals surface area contributed by atoms with Crippen molar-refractivity contribution in [1.29, 1.82) is 0 Å². The van der Waals surface area contributed by atoms with E-state index in [4.69, 9.17) is 24.7 Å². The minimum atomic E-state index is -0.264. The Labute approximate surface area is 149 Å². The number of ether oxygens (including phenoxy) is 4. The van der Waals surface area contributed by atoms with E-state index in [-0.39, 0.29) is 30.8 Å². The summed E-state index contributed by atoms with van der Waals surface area (Å²) in [4.78, 5) is 11.8. The minimum Gasteiger partial charge on any atom is -0.496 e. The molecule has 0 bridgehead atoms. The van der Waals surface area contributed by atoms with Crippen LogP contribution in [0, 0.1) is 0 Å². The van der Waals surface area contributed by atoms with Gasteiger partial charge in [0.1, 0.15) is 17.2 Å². The van der Waals surface area contributed by atoms with Gasteiger partial charge in [0.25, 0.3) is 0 Å². The molecule has 138 valence electrons. The Morgan fingerprint density at radius 2 is 1.71 bits per heavy atom. The summed E-state index contributed by atoms with van der Waals surface area (Å²) >= 11 is 0. The van der Waals surface area contributed by atoms with Crippen LogP contribution in [0.4, 0.5) is 0 Å². The second-order valence-corrected chi connectivity index (χ2v) is 4.91. The first-order valence-electron chi connectivity index (χ1n) is 7.38. The molecule has 0 saturated carbocycles. The quantitative estimate of drug-likeness (QED) is 0.649. The molecule has 0 aromatic heterocycles. The maximum absolute atomic E-state index is 11.8. The van der Waals surface area contributed by atoms with Crippen molar-refractivity contribution in [3.63, 3.8) is 0 Å². The maximum Gasteiger partial charge on any atom is 0.222 e. The van der Waals surface area contributed by atoms with E-state index in [1.807, 2.05) is 0 Å². The summed E-state index contributed by atoms with van der Waals surface area (Å²) in [5.41, 5.74) is 6.38. The summed E-state index contributed by atoms with van der Waals surface area (Å²) < 4.78 is 21.1. The summed E-state index contributed by atoms with van der Waals surface area (Å²) in [5.74, 6) is 1.87. The van der Waals surface area contributed by atoms with Crippen LogP contribution in [0.15, 0.2) is 12.1 Å². The lowest BCUT2D eigenvalue weighted by molar-refractivity contribution is -0.123. The topological polar surface area (TPSA) is 92.0 Å². The predicted molar refractivity (Wildman–Crippen MR) is 94.5 cm³/mol. The van der Waals surface area contributed by atoms with Gasteiger partial charge in [-0.15, -0.1) is 12.4 Å². The monoisotopic (exact) mass is 362 g/mol. The molecule has 0 aliphatic carbocycles. The van der Waals surface area contributed by atoms with E-state index in [1.165, 1.54) is 7.11 Å². The number of nitrogens with two attached hydrogens (primary N) is 1. The first-order valence-corrected chi connectivity index (χ1v) is 7.38. The molecule has 0 aliphatic heterocycles. The molecule has 0 spiro atoms. The van der Waals surface area contributed by atoms with Gasteiger partial charge in [-0.1, -0.05) is 0 Å². The van der Waals surface area contributed by atoms with E-state index in [1.54, 1.807) is 33.5 Å². The molecular formula is C16H27ClN2O5. The lowest BCUT2D eigenvalue weighted by Gasteiger charge is -2.16. The number of benzene rings is 1. The molecular weight excluding hydrogens is 336 g/mol. The first-order chi connectivity index (χ1) is 11.1. The van der Waals surface area contributed by atoms with E-state index in [0.717, 1.165) is 5.56 Å². The van der Waals surface area contributed by atoms with Crippen LogP contribution >= 0.6 is 12.4 Å². The van der Waals surface area contributed by atoms with Gasteiger partial charge in [0.2, 0.25) is 5.91 Å². The van der Waals surface area contributed by atoms with Crippen molar-refractivity contribution in [3.8, 4) is 17.2 Å². The number of methoxy groups -OCH3 is 4. The van der Waals surface area contributed by atoms with Gasteiger partial charge in [-0.05, 0) is 6.42 Å². The maximum atomic E-state index is 11.8. The highest BCUT2D eigenvalue weighted by molar-refractivity contribution is 5.85. The predicted octanol–water partition coefficient (Wildman–Crippen LogP) is 1.16. The van der Waals surface area contributed by atoms with Crippen molar-refractivity contribution in [3.05, 3.63) is 17.7 Å². The van der Waals surface area contributed by atoms with Crippen molar-refractivity contribution in [2.75, 3.05) is 41.5 Å². The van der Waals surface area contributed by atoms with Crippen LogP contribution in [0.3, 0.4) is 0 Å². The molecule has 1 atom stereocenters. The number of carbonyl (C=O) groups is 1. The highest BCUT2D eigenvalue weighted by Gasteiger charge is 2.15. The average molecular weight is 363 g/mol. The van der Waals surface area contributed by atoms with E-state index < -0.39 is 0 Å². The number of halogens is 1. The average Bonchev–Trinajstić information content (AvgIpc) is 2.59. The Morgan fingerprint density at radius 3 is 2.12 bits per heavy atom. The summed E-state index contributed by atoms with van der Waals surface area (Å²) in [6.07, 6.45) is 0.548. The van der Waals surface area contributed by atoms with Gasteiger partial charge >= 0.3 is 0 Å². The van der Waals surface area contributed by atoms with Crippen molar-refractivity contribution >= 4 is 18.3 Å². The second-order valence-electron chi connectivity index (χ2n) is 4.91. The molecule has 0 heterocycles. The fraction of sp³-hybridized carbons (Fsp3) is 0.562. The third-order valence-electron chi connectivity index (χ3n) is 3.52. The molecule has 0 aliphatic rings. The van der Waals surface area contributed by atoms with E-state index in [9.17, 15) is 4.79 Å². The fourth-order valence-electron chi connectivity index (χ4n) is 2.19. The molecule has 8 heteroatoms. The number of amides is 1. The van der Waals surface area contributed by atoms with Crippen LogP contribution in [-0.2, 0) is 16.0 Å². The summed E-state index contributed by atoms with van der Waals surface area (Å²) in [6.45, 7) is 0.767. The summed E-state index contributed by atoms with van der Waals surface area (Å²) in [7, 11) is 6.29. The molecule has 0 fully saturated rings. The normalized spacial score (nSPS) is 11.2. The molecule has 0 radical (unpaired) electrons. The molecule has 1 aromatic rings. The van der Waals surface area contributed by atoms with Crippen LogP contribution in [0.1, 0.15) is 12.0 Å². The SMILES string of the molecule is COc1cc(OC)c(CCNC(=O)CC(CN)OC)c(OC)c1.Cl. The number of nitrogens with one attached hydrogen (secondary N) is 1. The van der Waals surface area contributed by atoms with Crippen LogP contribution in [0.2, 0.25) is 0 Å². The van der Waals surface area contributed by atoms with Crippen molar-refractivity contribution < 1.29 is 23.7 Å². The van der Waals surface area contributed by atoms with Crippen LogP contribution in [0.5, 0.6) is 17.2 Å². The zero-order valence-electron chi connectivity index (χ0n) is 14.6. The van der Waals surface area contributed by atoms with Crippen molar-refractivity contribution in [1.82, 2.24) is 5.32 Å². The standard InChI is InChI=1S/C16H26N2O5.ClH/c1-20-11-7-14(22-3)13(15(8-11)23-4)5-6-18-16(19)9-12(10-17)21-2;/h7-8,12H,5-6,9-10,17H2,1-4H3,(H,18,19);1H. The van der Waals surface area contributed by atoms with Gasteiger partial charge < -0.3 is 30.0 Å². The van der Waals surface area contributed by atoms with Gasteiger partial charge in [0.05, 0.1) is 33.9 Å². The molecule has 1 amide bonds. The number of rotatable bonds is 10. The Hall–Kier alpha value is -1.70. The van der Waals surface area contributed by atoms with E-state index >= 15 is 0 Å². The number of carbonyl (C=O) groups excluding carboxylic acids is 1. The fourth-order valence-corrected chi connectivity index (χ4v) is 2.19. The summed E-state index contributed by atoms with van der Waals surface area (Å²) in [5, 5.41) is 2.84. The molecule has 1 unspecified atom stereocenters. The highest BCUT2D eigenvalue weighted by Crippen LogP contribution is 2.34. The first kappa shape index (κ1) is 22.3. The van der Waals surface area contributed by atoms with Gasteiger partial charge in [0.15, 0.2) is 0 Å². The summed E-state index contributed by atoms with van der Waals surface area (Å²) in [6, 6.07) is 3.57. The lowest BCUT2D eigenvalue weighted by atomic mass is 10.1. The molecule has 3 N–H and O–H groups in total. The number of hydrogen-bond acceptors (Lipinski definition) is 6. The highest BCUT2D eigenvalue weighted by atomic mass is 35.5. The van der Waals surface area contributed by atoms with Gasteiger partial charge in [0, 0.05) is 37.9 Å². The molecule has 0 saturated heterocycles. The Kier molecular flexibility index (Phi) is 10.9.